The summed E-state index contributed by atoms with van der Waals surface area (Å²) in [4.78, 5) is 11.8. The number of benzene rings is 1. The van der Waals surface area contributed by atoms with Crippen molar-refractivity contribution >= 4 is 11.7 Å². The summed E-state index contributed by atoms with van der Waals surface area (Å²) in [6, 6.07) is 5.01. The fourth-order valence-electron chi connectivity index (χ4n) is 2.69. The van der Waals surface area contributed by atoms with Gasteiger partial charge in [0.25, 0.3) is 0 Å². The highest BCUT2D eigenvalue weighted by Gasteiger charge is 2.41. The molecule has 0 bridgehead atoms. The largest absolute Gasteiger partial charge is 0.462 e. The average molecular weight is 325 g/mol. The van der Waals surface area contributed by atoms with Crippen LogP contribution in [0.5, 0.6) is 0 Å². The van der Waals surface area contributed by atoms with Crippen LogP contribution in [0.3, 0.4) is 0 Å². The molecule has 0 unspecified atom stereocenters. The lowest BCUT2D eigenvalue weighted by atomic mass is 10.1. The summed E-state index contributed by atoms with van der Waals surface area (Å²) in [5.41, 5.74) is 0.148. The van der Waals surface area contributed by atoms with Gasteiger partial charge in [0.05, 0.1) is 18.5 Å². The van der Waals surface area contributed by atoms with Gasteiger partial charge < -0.3 is 10.1 Å². The lowest BCUT2D eigenvalue weighted by Crippen LogP contribution is -2.19. The molecule has 0 spiro atoms. The number of fused-ring (bicyclic) bond motifs is 1. The molecule has 8 heteroatoms. The molecule has 0 saturated carbocycles. The highest BCUT2D eigenvalue weighted by atomic mass is 19.4. The van der Waals surface area contributed by atoms with E-state index in [4.69, 9.17) is 4.74 Å². The summed E-state index contributed by atoms with van der Waals surface area (Å²) in [5, 5.41) is 6.91. The molecule has 0 aliphatic carbocycles. The van der Waals surface area contributed by atoms with Gasteiger partial charge in [0, 0.05) is 17.8 Å². The second-order valence-electron chi connectivity index (χ2n) is 5.02. The molecule has 1 aliphatic heterocycles. The first-order valence-electron chi connectivity index (χ1n) is 7.12. The monoisotopic (exact) mass is 325 g/mol. The number of halogens is 3. The molecule has 5 nitrogen and oxygen atoms in total. The minimum absolute atomic E-state index is 0.00797. The van der Waals surface area contributed by atoms with Crippen LogP contribution < -0.4 is 5.32 Å². The number of aromatic nitrogens is 2. The zero-order valence-electron chi connectivity index (χ0n) is 12.3. The Morgan fingerprint density at radius 1 is 1.43 bits per heavy atom. The van der Waals surface area contributed by atoms with Crippen LogP contribution >= 0.6 is 0 Å². The zero-order valence-corrected chi connectivity index (χ0v) is 12.3. The molecule has 0 radical (unpaired) electrons. The van der Waals surface area contributed by atoms with Crippen LogP contribution in [0, 0.1) is 0 Å². The number of carbonyl (C=O) groups excluding carboxylic acids is 1. The molecule has 23 heavy (non-hydrogen) atoms. The third-order valence-electron chi connectivity index (χ3n) is 3.60. The molecule has 1 N–H and O–H groups in total. The molecule has 0 atom stereocenters. The van der Waals surface area contributed by atoms with Crippen LogP contribution in [0.25, 0.3) is 5.69 Å². The molecular formula is C15H14F3N3O2. The fourth-order valence-corrected chi connectivity index (χ4v) is 2.69. The second-order valence-corrected chi connectivity index (χ2v) is 5.02. The molecular weight excluding hydrogens is 311 g/mol. The van der Waals surface area contributed by atoms with E-state index in [9.17, 15) is 18.0 Å². The topological polar surface area (TPSA) is 56.1 Å². The Labute approximate surface area is 130 Å². The van der Waals surface area contributed by atoms with E-state index in [1.807, 2.05) is 0 Å². The van der Waals surface area contributed by atoms with Gasteiger partial charge in [0.2, 0.25) is 0 Å². The van der Waals surface area contributed by atoms with Crippen LogP contribution in [-0.2, 0) is 17.3 Å². The summed E-state index contributed by atoms with van der Waals surface area (Å²) in [6.45, 7) is 2.18. The molecule has 1 aromatic carbocycles. The predicted molar refractivity (Wildman–Crippen MR) is 76.7 cm³/mol. The van der Waals surface area contributed by atoms with Gasteiger partial charge in [-0.1, -0.05) is 6.07 Å². The summed E-state index contributed by atoms with van der Waals surface area (Å²) >= 11 is 0. The lowest BCUT2D eigenvalue weighted by Gasteiger charge is -2.14. The summed E-state index contributed by atoms with van der Waals surface area (Å²) in [5.74, 6) is -1.03. The minimum atomic E-state index is -4.73. The SMILES string of the molecule is CCOC(=O)c1cnn(-c2cccc3c2CCN3)c1C(F)(F)F. The molecule has 0 fully saturated rings. The molecule has 2 aromatic rings. The van der Waals surface area contributed by atoms with Crippen molar-refractivity contribution in [1.82, 2.24) is 9.78 Å². The number of nitrogens with one attached hydrogen (secondary N) is 1. The van der Waals surface area contributed by atoms with Gasteiger partial charge in [0.1, 0.15) is 5.56 Å². The van der Waals surface area contributed by atoms with Crippen molar-refractivity contribution in [3.8, 4) is 5.69 Å². The lowest BCUT2D eigenvalue weighted by molar-refractivity contribution is -0.143. The van der Waals surface area contributed by atoms with Gasteiger partial charge >= 0.3 is 12.1 Å². The smallest absolute Gasteiger partial charge is 0.434 e. The van der Waals surface area contributed by atoms with Crippen molar-refractivity contribution in [2.45, 2.75) is 19.5 Å². The summed E-state index contributed by atoms with van der Waals surface area (Å²) in [6.07, 6.45) is -3.23. The van der Waals surface area contributed by atoms with Gasteiger partial charge in [-0.3, -0.25) is 0 Å². The number of esters is 1. The Balaban J connectivity index is 2.18. The Hall–Kier alpha value is -2.51. The van der Waals surface area contributed by atoms with Crippen molar-refractivity contribution < 1.29 is 22.7 Å². The first kappa shape index (κ1) is 15.4. The standard InChI is InChI=1S/C15H14F3N3O2/c1-2-23-14(22)10-8-20-21(13(10)15(16,17)18)12-5-3-4-11-9(12)6-7-19-11/h3-5,8,19H,2,6-7H2,1H3. The van der Waals surface area contributed by atoms with E-state index in [2.05, 4.69) is 10.4 Å². The number of hydrogen-bond acceptors (Lipinski definition) is 4. The van der Waals surface area contributed by atoms with Crippen molar-refractivity contribution in [3.63, 3.8) is 0 Å². The molecule has 0 amide bonds. The second kappa shape index (κ2) is 5.60. The maximum absolute atomic E-state index is 13.5. The van der Waals surface area contributed by atoms with Crippen LogP contribution in [0.4, 0.5) is 18.9 Å². The van der Waals surface area contributed by atoms with Crippen molar-refractivity contribution in [3.05, 3.63) is 41.2 Å². The third-order valence-corrected chi connectivity index (χ3v) is 3.60. The van der Waals surface area contributed by atoms with Crippen molar-refractivity contribution in [2.24, 2.45) is 0 Å². The Morgan fingerprint density at radius 2 is 2.22 bits per heavy atom. The highest BCUT2D eigenvalue weighted by molar-refractivity contribution is 5.91. The zero-order chi connectivity index (χ0) is 16.6. The predicted octanol–water partition coefficient (Wildman–Crippen LogP) is 3.04. The average Bonchev–Trinajstić information content (AvgIpc) is 3.13. The van der Waals surface area contributed by atoms with E-state index in [0.717, 1.165) is 22.1 Å². The van der Waals surface area contributed by atoms with Gasteiger partial charge in [-0.15, -0.1) is 0 Å². The number of alkyl halides is 3. The van der Waals surface area contributed by atoms with Crippen LogP contribution in [0.15, 0.2) is 24.4 Å². The van der Waals surface area contributed by atoms with Crippen LogP contribution in [-0.4, -0.2) is 28.9 Å². The number of rotatable bonds is 3. The van der Waals surface area contributed by atoms with Crippen LogP contribution in [0.2, 0.25) is 0 Å². The molecule has 0 saturated heterocycles. The third kappa shape index (κ3) is 2.64. The van der Waals surface area contributed by atoms with E-state index in [-0.39, 0.29) is 6.61 Å². The fraction of sp³-hybridized carbons (Fsp3) is 0.333. The van der Waals surface area contributed by atoms with E-state index in [1.165, 1.54) is 6.92 Å². The van der Waals surface area contributed by atoms with Crippen LogP contribution in [0.1, 0.15) is 28.5 Å². The Kier molecular flexibility index (Phi) is 3.75. The number of nitrogens with zero attached hydrogens (tertiary/aromatic N) is 2. The van der Waals surface area contributed by atoms with Gasteiger partial charge in [-0.25, -0.2) is 9.48 Å². The first-order valence-corrected chi connectivity index (χ1v) is 7.12. The maximum Gasteiger partial charge on any atom is 0.434 e. The Morgan fingerprint density at radius 3 is 2.91 bits per heavy atom. The van der Waals surface area contributed by atoms with Crippen molar-refractivity contribution in [1.29, 1.82) is 0 Å². The molecule has 1 aromatic heterocycles. The normalized spacial score (nSPS) is 13.6. The highest BCUT2D eigenvalue weighted by Crippen LogP contribution is 2.36. The van der Waals surface area contributed by atoms with Crippen molar-refractivity contribution in [2.75, 3.05) is 18.5 Å². The molecule has 122 valence electrons. The number of ether oxygens (including phenoxy) is 1. The van der Waals surface area contributed by atoms with E-state index in [0.29, 0.717) is 18.7 Å². The van der Waals surface area contributed by atoms with Gasteiger partial charge in [-0.2, -0.15) is 18.3 Å². The van der Waals surface area contributed by atoms with Gasteiger partial charge in [0.15, 0.2) is 5.69 Å². The van der Waals surface area contributed by atoms with Gasteiger partial charge in [-0.05, 0) is 25.5 Å². The summed E-state index contributed by atoms with van der Waals surface area (Å²) in [7, 11) is 0. The molecule has 1 aliphatic rings. The van der Waals surface area contributed by atoms with E-state index in [1.54, 1.807) is 18.2 Å². The molecule has 3 rings (SSSR count). The quantitative estimate of drug-likeness (QED) is 0.881. The number of anilines is 1. The van der Waals surface area contributed by atoms with E-state index >= 15 is 0 Å². The Bertz CT molecular complexity index is 753. The van der Waals surface area contributed by atoms with E-state index < -0.39 is 23.4 Å². The minimum Gasteiger partial charge on any atom is -0.462 e. The first-order chi connectivity index (χ1) is 10.9. The number of carbonyl (C=O) groups is 1. The number of hydrogen-bond donors (Lipinski definition) is 1. The molecule has 2 heterocycles. The summed E-state index contributed by atoms with van der Waals surface area (Å²) < 4.78 is 46.0. The maximum atomic E-state index is 13.5.